The van der Waals surface area contributed by atoms with Crippen LogP contribution in [0.5, 0.6) is 0 Å². The van der Waals surface area contributed by atoms with Gasteiger partial charge in [-0.2, -0.15) is 10.1 Å². The Hall–Kier alpha value is -2.02. The van der Waals surface area contributed by atoms with Gasteiger partial charge in [-0.3, -0.25) is 10.1 Å². The molecule has 0 bridgehead atoms. The van der Waals surface area contributed by atoms with E-state index in [4.69, 9.17) is 11.6 Å². The lowest BCUT2D eigenvalue weighted by molar-refractivity contribution is -0.385. The van der Waals surface area contributed by atoms with Gasteiger partial charge in [-0.05, 0) is 44.4 Å². The minimum Gasteiger partial charge on any atom is -0.258 e. The van der Waals surface area contributed by atoms with Gasteiger partial charge in [0.2, 0.25) is 11.1 Å². The quantitative estimate of drug-likeness (QED) is 0.493. The van der Waals surface area contributed by atoms with Crippen molar-refractivity contribution in [2.24, 2.45) is 0 Å². The molecule has 0 amide bonds. The first-order valence-electron chi connectivity index (χ1n) is 6.10. The third-order valence-corrected chi connectivity index (χ3v) is 3.36. The Labute approximate surface area is 120 Å². The second-order valence-electron chi connectivity index (χ2n) is 4.42. The van der Waals surface area contributed by atoms with Gasteiger partial charge in [-0.1, -0.05) is 6.92 Å². The minimum atomic E-state index is -0.511. The molecule has 0 aliphatic heterocycles. The molecule has 0 aliphatic rings. The Morgan fingerprint density at radius 2 is 1.90 bits per heavy atom. The number of rotatable bonds is 3. The van der Waals surface area contributed by atoms with Gasteiger partial charge in [-0.15, -0.1) is 0 Å². The molecule has 0 aromatic carbocycles. The number of nitro groups is 1. The van der Waals surface area contributed by atoms with Gasteiger partial charge in [0.15, 0.2) is 0 Å². The Bertz CT molecular complexity index is 696. The maximum Gasteiger partial charge on any atom is 0.334 e. The van der Waals surface area contributed by atoms with Crippen molar-refractivity contribution in [1.82, 2.24) is 19.7 Å². The van der Waals surface area contributed by atoms with Crippen LogP contribution in [0.1, 0.15) is 29.6 Å². The average Bonchev–Trinajstić information content (AvgIpc) is 2.62. The summed E-state index contributed by atoms with van der Waals surface area (Å²) in [5.74, 6) is 0.104. The van der Waals surface area contributed by atoms with Crippen LogP contribution in [-0.4, -0.2) is 24.7 Å². The second-order valence-corrected chi connectivity index (χ2v) is 4.76. The fourth-order valence-corrected chi connectivity index (χ4v) is 2.48. The number of aromatic nitrogens is 4. The SMILES string of the molecule is CCc1c(C)nn(-c2nc(Cl)nc(C)c2[N+](=O)[O-])c1C. The molecule has 2 aromatic rings. The Morgan fingerprint density at radius 3 is 2.40 bits per heavy atom. The molecule has 0 radical (unpaired) electrons. The Kier molecular flexibility index (Phi) is 3.71. The average molecular weight is 296 g/mol. The molecule has 7 nitrogen and oxygen atoms in total. The molecule has 0 fully saturated rings. The van der Waals surface area contributed by atoms with Crippen molar-refractivity contribution in [3.63, 3.8) is 0 Å². The highest BCUT2D eigenvalue weighted by Crippen LogP contribution is 2.27. The van der Waals surface area contributed by atoms with Crippen LogP contribution >= 0.6 is 11.6 Å². The largest absolute Gasteiger partial charge is 0.334 e. The van der Waals surface area contributed by atoms with Crippen molar-refractivity contribution < 1.29 is 4.92 Å². The van der Waals surface area contributed by atoms with Gasteiger partial charge in [0.05, 0.1) is 10.6 Å². The van der Waals surface area contributed by atoms with Crippen LogP contribution in [0.4, 0.5) is 5.69 Å². The van der Waals surface area contributed by atoms with E-state index in [0.29, 0.717) is 0 Å². The van der Waals surface area contributed by atoms with Crippen molar-refractivity contribution in [2.45, 2.75) is 34.1 Å². The van der Waals surface area contributed by atoms with Crippen LogP contribution in [0.25, 0.3) is 5.82 Å². The Morgan fingerprint density at radius 1 is 1.25 bits per heavy atom. The zero-order valence-corrected chi connectivity index (χ0v) is 12.4. The number of nitrogens with zero attached hydrogens (tertiary/aromatic N) is 5. The van der Waals surface area contributed by atoms with Gasteiger partial charge < -0.3 is 0 Å². The normalized spacial score (nSPS) is 10.8. The van der Waals surface area contributed by atoms with E-state index in [1.165, 1.54) is 11.6 Å². The predicted octanol–water partition coefficient (Wildman–Crippen LogP) is 2.71. The molecule has 0 atom stereocenters. The lowest BCUT2D eigenvalue weighted by Crippen LogP contribution is -2.09. The van der Waals surface area contributed by atoms with Crippen molar-refractivity contribution >= 4 is 17.3 Å². The molecule has 2 rings (SSSR count). The summed E-state index contributed by atoms with van der Waals surface area (Å²) in [6, 6.07) is 0. The molecule has 106 valence electrons. The van der Waals surface area contributed by atoms with Crippen LogP contribution in [0, 0.1) is 30.9 Å². The van der Waals surface area contributed by atoms with E-state index in [9.17, 15) is 10.1 Å². The van der Waals surface area contributed by atoms with Crippen LogP contribution in [-0.2, 0) is 6.42 Å². The van der Waals surface area contributed by atoms with E-state index in [0.717, 1.165) is 23.4 Å². The molecule has 20 heavy (non-hydrogen) atoms. The van der Waals surface area contributed by atoms with Crippen molar-refractivity contribution in [2.75, 3.05) is 0 Å². The standard InChI is InChI=1S/C12H14ClN5O2/c1-5-9-6(2)16-17(8(9)4)11-10(18(19)20)7(3)14-12(13)15-11/h5H2,1-4H3. The zero-order chi connectivity index (χ0) is 15.0. The van der Waals surface area contributed by atoms with Crippen LogP contribution in [0.3, 0.4) is 0 Å². The maximum atomic E-state index is 11.2. The van der Waals surface area contributed by atoms with E-state index < -0.39 is 4.92 Å². The summed E-state index contributed by atoms with van der Waals surface area (Å²) in [6.45, 7) is 7.26. The fraction of sp³-hybridized carbons (Fsp3) is 0.417. The molecule has 2 aromatic heterocycles. The van der Waals surface area contributed by atoms with Gasteiger partial charge in [-0.25, -0.2) is 9.67 Å². The fourth-order valence-electron chi connectivity index (χ4n) is 2.27. The molecule has 0 aliphatic carbocycles. The highest BCUT2D eigenvalue weighted by atomic mass is 35.5. The van der Waals surface area contributed by atoms with E-state index in [1.54, 1.807) is 0 Å². The summed E-state index contributed by atoms with van der Waals surface area (Å²) >= 11 is 5.82. The third-order valence-electron chi connectivity index (χ3n) is 3.19. The first-order valence-corrected chi connectivity index (χ1v) is 6.48. The highest BCUT2D eigenvalue weighted by Gasteiger charge is 2.26. The summed E-state index contributed by atoms with van der Waals surface area (Å²) in [5.41, 5.74) is 2.74. The van der Waals surface area contributed by atoms with Gasteiger partial charge in [0, 0.05) is 5.69 Å². The molecule has 2 heterocycles. The van der Waals surface area contributed by atoms with Crippen LogP contribution < -0.4 is 0 Å². The van der Waals surface area contributed by atoms with Crippen LogP contribution in [0.2, 0.25) is 5.28 Å². The first-order chi connectivity index (χ1) is 9.36. The summed E-state index contributed by atoms with van der Waals surface area (Å²) in [7, 11) is 0. The minimum absolute atomic E-state index is 0.0336. The van der Waals surface area contributed by atoms with Gasteiger partial charge >= 0.3 is 5.69 Å². The smallest absolute Gasteiger partial charge is 0.258 e. The van der Waals surface area contributed by atoms with E-state index >= 15 is 0 Å². The van der Waals surface area contributed by atoms with Crippen LogP contribution in [0.15, 0.2) is 0 Å². The summed E-state index contributed by atoms with van der Waals surface area (Å²) < 4.78 is 1.47. The summed E-state index contributed by atoms with van der Waals surface area (Å²) in [5, 5.41) is 15.5. The van der Waals surface area contributed by atoms with Gasteiger partial charge in [0.25, 0.3) is 0 Å². The number of hydrogen-bond donors (Lipinski definition) is 0. The molecule has 0 saturated heterocycles. The summed E-state index contributed by atoms with van der Waals surface area (Å²) in [4.78, 5) is 18.6. The zero-order valence-electron chi connectivity index (χ0n) is 11.6. The van der Waals surface area contributed by atoms with Crippen molar-refractivity contribution in [3.05, 3.63) is 38.0 Å². The van der Waals surface area contributed by atoms with E-state index in [1.807, 2.05) is 20.8 Å². The monoisotopic (exact) mass is 295 g/mol. The molecular formula is C12H14ClN5O2. The molecule has 0 saturated carbocycles. The number of aryl methyl sites for hydroxylation is 2. The maximum absolute atomic E-state index is 11.2. The molecule has 0 N–H and O–H groups in total. The lowest BCUT2D eigenvalue weighted by Gasteiger charge is -2.07. The van der Waals surface area contributed by atoms with E-state index in [-0.39, 0.29) is 22.5 Å². The highest BCUT2D eigenvalue weighted by molar-refractivity contribution is 6.28. The molecule has 0 spiro atoms. The summed E-state index contributed by atoms with van der Waals surface area (Å²) in [6.07, 6.45) is 0.795. The van der Waals surface area contributed by atoms with E-state index in [2.05, 4.69) is 15.1 Å². The molecular weight excluding hydrogens is 282 g/mol. The molecule has 0 unspecified atom stereocenters. The topological polar surface area (TPSA) is 86.7 Å². The molecule has 8 heteroatoms. The number of halogens is 1. The van der Waals surface area contributed by atoms with Crippen molar-refractivity contribution in [3.8, 4) is 5.82 Å². The Balaban J connectivity index is 2.79. The first kappa shape index (κ1) is 14.4. The lowest BCUT2D eigenvalue weighted by atomic mass is 10.1. The van der Waals surface area contributed by atoms with Crippen molar-refractivity contribution in [1.29, 1.82) is 0 Å². The predicted molar refractivity (Wildman–Crippen MR) is 74.4 cm³/mol. The number of hydrogen-bond acceptors (Lipinski definition) is 5. The second kappa shape index (κ2) is 5.16. The van der Waals surface area contributed by atoms with Gasteiger partial charge in [0.1, 0.15) is 5.69 Å². The third kappa shape index (κ3) is 2.24.